The van der Waals surface area contributed by atoms with Crippen molar-refractivity contribution in [3.63, 3.8) is 0 Å². The van der Waals surface area contributed by atoms with Crippen molar-refractivity contribution in [1.82, 2.24) is 9.55 Å². The van der Waals surface area contributed by atoms with Gasteiger partial charge in [0.25, 0.3) is 0 Å². The molecular formula is C13H12BrF2N3. The van der Waals surface area contributed by atoms with Gasteiger partial charge in [0.1, 0.15) is 11.6 Å². The maximum Gasteiger partial charge on any atom is 0.208 e. The van der Waals surface area contributed by atoms with E-state index >= 15 is 0 Å². The molecule has 0 saturated heterocycles. The molecule has 0 radical (unpaired) electrons. The maximum absolute atomic E-state index is 13.9. The van der Waals surface area contributed by atoms with Crippen molar-refractivity contribution in [2.75, 3.05) is 11.9 Å². The number of anilines is 1. The van der Waals surface area contributed by atoms with E-state index in [-0.39, 0.29) is 10.2 Å². The highest BCUT2D eigenvalue weighted by molar-refractivity contribution is 9.10. The van der Waals surface area contributed by atoms with Crippen LogP contribution in [0.15, 0.2) is 35.5 Å². The molecule has 0 bridgehead atoms. The number of halogens is 3. The van der Waals surface area contributed by atoms with Gasteiger partial charge in [-0.05, 0) is 28.9 Å². The van der Waals surface area contributed by atoms with Gasteiger partial charge in [-0.2, -0.15) is 0 Å². The van der Waals surface area contributed by atoms with E-state index in [1.807, 2.05) is 0 Å². The molecule has 1 N–H and O–H groups in total. The summed E-state index contributed by atoms with van der Waals surface area (Å²) in [4.78, 5) is 4.22. The summed E-state index contributed by atoms with van der Waals surface area (Å²) in [5, 5.41) is 2.98. The van der Waals surface area contributed by atoms with E-state index in [1.165, 1.54) is 4.57 Å². The van der Waals surface area contributed by atoms with Crippen LogP contribution in [-0.4, -0.2) is 16.1 Å². The fourth-order valence-electron chi connectivity index (χ4n) is 1.67. The second-order valence-corrected chi connectivity index (χ2v) is 4.82. The van der Waals surface area contributed by atoms with Gasteiger partial charge < -0.3 is 5.32 Å². The van der Waals surface area contributed by atoms with Crippen molar-refractivity contribution in [3.05, 3.63) is 52.8 Å². The Labute approximate surface area is 118 Å². The summed E-state index contributed by atoms with van der Waals surface area (Å²) in [6, 6.07) is 2.22. The molecule has 1 aromatic heterocycles. The Kier molecular flexibility index (Phi) is 3.99. The third-order valence-electron chi connectivity index (χ3n) is 2.48. The summed E-state index contributed by atoms with van der Waals surface area (Å²) in [6.45, 7) is 5.85. The SMILES string of the molecule is C=CCNc1nc(C)cn1-c1cc(F)c(Br)cc1F. The molecule has 3 nitrogen and oxygen atoms in total. The monoisotopic (exact) mass is 327 g/mol. The molecule has 0 aliphatic carbocycles. The third kappa shape index (κ3) is 2.84. The average Bonchev–Trinajstić information content (AvgIpc) is 2.72. The van der Waals surface area contributed by atoms with Gasteiger partial charge in [0.05, 0.1) is 15.9 Å². The molecule has 1 aromatic carbocycles. The molecular weight excluding hydrogens is 316 g/mol. The van der Waals surface area contributed by atoms with Crippen LogP contribution in [0, 0.1) is 18.6 Å². The lowest BCUT2D eigenvalue weighted by Crippen LogP contribution is -2.07. The molecule has 0 spiro atoms. The van der Waals surface area contributed by atoms with Crippen LogP contribution in [0.5, 0.6) is 0 Å². The van der Waals surface area contributed by atoms with Crippen molar-refractivity contribution in [2.45, 2.75) is 6.92 Å². The molecule has 0 fully saturated rings. The van der Waals surface area contributed by atoms with Crippen LogP contribution in [0.4, 0.5) is 14.7 Å². The first-order chi connectivity index (χ1) is 9.02. The van der Waals surface area contributed by atoms with Crippen molar-refractivity contribution >= 4 is 21.9 Å². The Morgan fingerprint density at radius 1 is 1.42 bits per heavy atom. The normalized spacial score (nSPS) is 10.5. The zero-order valence-corrected chi connectivity index (χ0v) is 11.8. The quantitative estimate of drug-likeness (QED) is 0.683. The lowest BCUT2D eigenvalue weighted by Gasteiger charge is -2.10. The standard InChI is InChI=1S/C13H12BrF2N3/c1-3-4-17-13-18-8(2)7-19(13)12-6-10(15)9(14)5-11(12)16/h3,5-7H,1,4H2,2H3,(H,17,18). The summed E-state index contributed by atoms with van der Waals surface area (Å²) < 4.78 is 29.1. The fourth-order valence-corrected chi connectivity index (χ4v) is 1.98. The van der Waals surface area contributed by atoms with Gasteiger partial charge >= 0.3 is 0 Å². The van der Waals surface area contributed by atoms with Crippen LogP contribution in [0.1, 0.15) is 5.69 Å². The topological polar surface area (TPSA) is 29.9 Å². The van der Waals surface area contributed by atoms with E-state index in [9.17, 15) is 8.78 Å². The molecule has 0 saturated carbocycles. The second-order valence-electron chi connectivity index (χ2n) is 3.96. The molecule has 6 heteroatoms. The van der Waals surface area contributed by atoms with Crippen LogP contribution in [-0.2, 0) is 0 Å². The van der Waals surface area contributed by atoms with Crippen LogP contribution >= 0.6 is 15.9 Å². The Hall–Kier alpha value is -1.69. The van der Waals surface area contributed by atoms with Crippen LogP contribution in [0.25, 0.3) is 5.69 Å². The summed E-state index contributed by atoms with van der Waals surface area (Å²) in [7, 11) is 0. The molecule has 2 aromatic rings. The van der Waals surface area contributed by atoms with E-state index in [2.05, 4.69) is 32.8 Å². The Morgan fingerprint density at radius 3 is 2.84 bits per heavy atom. The summed E-state index contributed by atoms with van der Waals surface area (Å²) in [5.41, 5.74) is 0.808. The van der Waals surface area contributed by atoms with Gasteiger partial charge in [-0.25, -0.2) is 13.8 Å². The molecule has 0 unspecified atom stereocenters. The molecule has 0 atom stereocenters. The largest absolute Gasteiger partial charge is 0.352 e. The third-order valence-corrected chi connectivity index (χ3v) is 3.09. The number of rotatable bonds is 4. The zero-order chi connectivity index (χ0) is 14.0. The average molecular weight is 328 g/mol. The van der Waals surface area contributed by atoms with Crippen LogP contribution < -0.4 is 5.32 Å². The number of hydrogen-bond acceptors (Lipinski definition) is 2. The highest BCUT2D eigenvalue weighted by Crippen LogP contribution is 2.25. The van der Waals surface area contributed by atoms with Crippen LogP contribution in [0.3, 0.4) is 0 Å². The molecule has 19 heavy (non-hydrogen) atoms. The van der Waals surface area contributed by atoms with E-state index in [0.29, 0.717) is 18.2 Å². The molecule has 2 rings (SSSR count). The number of nitrogens with one attached hydrogen (secondary N) is 1. The van der Waals surface area contributed by atoms with Crippen molar-refractivity contribution in [2.24, 2.45) is 0 Å². The summed E-state index contributed by atoms with van der Waals surface area (Å²) in [5.74, 6) is -0.622. The lowest BCUT2D eigenvalue weighted by molar-refractivity contribution is 0.587. The highest BCUT2D eigenvalue weighted by atomic mass is 79.9. The summed E-state index contributed by atoms with van der Waals surface area (Å²) >= 11 is 2.95. The van der Waals surface area contributed by atoms with Crippen molar-refractivity contribution in [1.29, 1.82) is 0 Å². The first-order valence-electron chi connectivity index (χ1n) is 5.58. The number of aryl methyl sites for hydroxylation is 1. The molecule has 1 heterocycles. The maximum atomic E-state index is 13.9. The Morgan fingerprint density at radius 2 is 2.16 bits per heavy atom. The van der Waals surface area contributed by atoms with Gasteiger partial charge in [-0.1, -0.05) is 6.08 Å². The fraction of sp³-hybridized carbons (Fsp3) is 0.154. The predicted octanol–water partition coefficient (Wildman–Crippen LogP) is 3.82. The van der Waals surface area contributed by atoms with Gasteiger partial charge in [-0.15, -0.1) is 6.58 Å². The number of imidazole rings is 1. The predicted molar refractivity (Wildman–Crippen MR) is 74.6 cm³/mol. The molecule has 0 amide bonds. The van der Waals surface area contributed by atoms with E-state index in [1.54, 1.807) is 19.2 Å². The van der Waals surface area contributed by atoms with Gasteiger partial charge in [0, 0.05) is 18.8 Å². The second kappa shape index (κ2) is 5.52. The minimum absolute atomic E-state index is 0.0891. The van der Waals surface area contributed by atoms with Crippen molar-refractivity contribution < 1.29 is 8.78 Å². The Bertz CT molecular complexity index is 623. The first-order valence-corrected chi connectivity index (χ1v) is 6.38. The Balaban J connectivity index is 2.52. The smallest absolute Gasteiger partial charge is 0.208 e. The number of benzene rings is 1. The van der Waals surface area contributed by atoms with E-state index in [4.69, 9.17) is 0 Å². The van der Waals surface area contributed by atoms with Gasteiger partial charge in [-0.3, -0.25) is 4.57 Å². The molecule has 0 aliphatic rings. The first kappa shape index (κ1) is 13.7. The minimum atomic E-state index is -0.535. The minimum Gasteiger partial charge on any atom is -0.352 e. The molecule has 100 valence electrons. The molecule has 0 aliphatic heterocycles. The van der Waals surface area contributed by atoms with Gasteiger partial charge in [0.15, 0.2) is 0 Å². The number of hydrogen-bond donors (Lipinski definition) is 1. The van der Waals surface area contributed by atoms with Crippen LogP contribution in [0.2, 0.25) is 0 Å². The van der Waals surface area contributed by atoms with Gasteiger partial charge in [0.2, 0.25) is 5.95 Å². The summed E-state index contributed by atoms with van der Waals surface area (Å²) in [6.07, 6.45) is 3.30. The zero-order valence-electron chi connectivity index (χ0n) is 10.3. The van der Waals surface area contributed by atoms with Crippen molar-refractivity contribution in [3.8, 4) is 5.69 Å². The van der Waals surface area contributed by atoms with E-state index in [0.717, 1.165) is 12.1 Å². The number of nitrogens with zero attached hydrogens (tertiary/aromatic N) is 2. The highest BCUT2D eigenvalue weighted by Gasteiger charge is 2.14. The lowest BCUT2D eigenvalue weighted by atomic mass is 10.3. The van der Waals surface area contributed by atoms with E-state index < -0.39 is 11.6 Å². The number of aromatic nitrogens is 2.